The monoisotopic (exact) mass is 236 g/mol. The fraction of sp³-hybridized carbons (Fsp3) is 0.538. The molecule has 0 radical (unpaired) electrons. The Hall–Kier alpha value is -0.510. The van der Waals surface area contributed by atoms with Crippen LogP contribution < -0.4 is 5.73 Å². The van der Waals surface area contributed by atoms with Gasteiger partial charge in [-0.2, -0.15) is 12.6 Å². The second-order valence-electron chi connectivity index (χ2n) is 4.62. The molecule has 2 nitrogen and oxygen atoms in total. The van der Waals surface area contributed by atoms with Crippen LogP contribution in [0, 0.1) is 5.92 Å². The summed E-state index contributed by atoms with van der Waals surface area (Å²) in [6, 6.07) is 11.1. The molecule has 1 aliphatic rings. The minimum Gasteiger partial charge on any atom is -0.319 e. The predicted octanol–water partition coefficient (Wildman–Crippen LogP) is 2.28. The highest BCUT2D eigenvalue weighted by atomic mass is 32.1. The van der Waals surface area contributed by atoms with Crippen molar-refractivity contribution < 1.29 is 0 Å². The largest absolute Gasteiger partial charge is 0.319 e. The quantitative estimate of drug-likeness (QED) is 0.623. The number of thiol groups is 1. The molecule has 0 saturated carbocycles. The van der Waals surface area contributed by atoms with Crippen molar-refractivity contribution in [2.45, 2.75) is 24.8 Å². The summed E-state index contributed by atoms with van der Waals surface area (Å²) in [5.41, 5.74) is 7.22. The van der Waals surface area contributed by atoms with Crippen LogP contribution in [0.15, 0.2) is 30.3 Å². The lowest BCUT2D eigenvalue weighted by Gasteiger charge is -2.25. The van der Waals surface area contributed by atoms with Crippen LogP contribution in [-0.4, -0.2) is 23.4 Å². The number of hydrogen-bond acceptors (Lipinski definition) is 3. The fourth-order valence-corrected chi connectivity index (χ4v) is 2.63. The average Bonchev–Trinajstić information content (AvgIpc) is 2.78. The van der Waals surface area contributed by atoms with Crippen LogP contribution >= 0.6 is 12.6 Å². The molecule has 88 valence electrons. The lowest BCUT2D eigenvalue weighted by molar-refractivity contribution is 0.252. The Labute approximate surface area is 103 Å². The van der Waals surface area contributed by atoms with Crippen molar-refractivity contribution in [3.63, 3.8) is 0 Å². The smallest absolute Gasteiger partial charge is 0.0518 e. The highest BCUT2D eigenvalue weighted by Gasteiger charge is 2.28. The summed E-state index contributed by atoms with van der Waals surface area (Å²) < 4.78 is 0. The molecule has 1 aromatic carbocycles. The average molecular weight is 236 g/mol. The molecule has 2 unspecified atom stereocenters. The SMILES string of the molecule is C[C@@H](c1ccccc1)N1CCC(C(N)S)C1. The molecule has 2 N–H and O–H groups in total. The van der Waals surface area contributed by atoms with Gasteiger partial charge in [0.25, 0.3) is 0 Å². The molecule has 3 heteroatoms. The maximum absolute atomic E-state index is 5.84. The van der Waals surface area contributed by atoms with Gasteiger partial charge in [0.1, 0.15) is 0 Å². The lowest BCUT2D eigenvalue weighted by atomic mass is 10.1. The Balaban J connectivity index is 2.00. The van der Waals surface area contributed by atoms with Gasteiger partial charge in [-0.1, -0.05) is 30.3 Å². The second-order valence-corrected chi connectivity index (χ2v) is 5.22. The van der Waals surface area contributed by atoms with Crippen molar-refractivity contribution in [3.05, 3.63) is 35.9 Å². The molecular weight excluding hydrogens is 216 g/mol. The predicted molar refractivity (Wildman–Crippen MR) is 71.5 cm³/mol. The van der Waals surface area contributed by atoms with Gasteiger partial charge in [0.15, 0.2) is 0 Å². The van der Waals surface area contributed by atoms with Crippen LogP contribution in [0.3, 0.4) is 0 Å². The third-order valence-corrected chi connectivity index (χ3v) is 3.99. The van der Waals surface area contributed by atoms with Crippen molar-refractivity contribution in [1.82, 2.24) is 4.90 Å². The summed E-state index contributed by atoms with van der Waals surface area (Å²) >= 11 is 4.34. The number of nitrogens with two attached hydrogens (primary N) is 1. The molecular formula is C13H20N2S. The third-order valence-electron chi connectivity index (χ3n) is 3.57. The molecule has 0 aliphatic carbocycles. The van der Waals surface area contributed by atoms with E-state index in [2.05, 4.69) is 54.8 Å². The minimum absolute atomic E-state index is 0.0213. The van der Waals surface area contributed by atoms with Gasteiger partial charge in [-0.25, -0.2) is 0 Å². The van der Waals surface area contributed by atoms with E-state index in [1.807, 2.05) is 0 Å². The van der Waals surface area contributed by atoms with Gasteiger partial charge in [0, 0.05) is 12.6 Å². The zero-order chi connectivity index (χ0) is 11.5. The summed E-state index contributed by atoms with van der Waals surface area (Å²) in [6.07, 6.45) is 1.17. The number of hydrogen-bond donors (Lipinski definition) is 2. The number of benzene rings is 1. The molecule has 1 saturated heterocycles. The molecule has 0 aromatic heterocycles. The van der Waals surface area contributed by atoms with Crippen molar-refractivity contribution in [3.8, 4) is 0 Å². The van der Waals surface area contributed by atoms with Crippen LogP contribution in [0.4, 0.5) is 0 Å². The second kappa shape index (κ2) is 5.21. The Bertz CT molecular complexity index is 326. The first kappa shape index (κ1) is 12.0. The first-order valence-electron chi connectivity index (χ1n) is 5.91. The molecule has 1 aliphatic heterocycles. The van der Waals surface area contributed by atoms with E-state index in [0.29, 0.717) is 12.0 Å². The third kappa shape index (κ3) is 2.59. The van der Waals surface area contributed by atoms with Gasteiger partial charge in [0.05, 0.1) is 5.37 Å². The van der Waals surface area contributed by atoms with E-state index in [4.69, 9.17) is 5.73 Å². The Morgan fingerprint density at radius 1 is 1.38 bits per heavy atom. The van der Waals surface area contributed by atoms with E-state index in [0.717, 1.165) is 13.1 Å². The van der Waals surface area contributed by atoms with E-state index in [1.54, 1.807) is 0 Å². The zero-order valence-electron chi connectivity index (χ0n) is 9.71. The topological polar surface area (TPSA) is 29.3 Å². The van der Waals surface area contributed by atoms with E-state index >= 15 is 0 Å². The van der Waals surface area contributed by atoms with Crippen LogP contribution in [0.25, 0.3) is 0 Å². The van der Waals surface area contributed by atoms with Crippen LogP contribution in [-0.2, 0) is 0 Å². The van der Waals surface area contributed by atoms with Gasteiger partial charge in [-0.3, -0.25) is 4.90 Å². The molecule has 1 heterocycles. The molecule has 0 spiro atoms. The summed E-state index contributed by atoms with van der Waals surface area (Å²) in [5.74, 6) is 0.537. The maximum Gasteiger partial charge on any atom is 0.0518 e. The molecule has 0 bridgehead atoms. The van der Waals surface area contributed by atoms with E-state index in [-0.39, 0.29) is 5.37 Å². The highest BCUT2D eigenvalue weighted by molar-refractivity contribution is 7.80. The highest BCUT2D eigenvalue weighted by Crippen LogP contribution is 2.28. The molecule has 1 aromatic rings. The first-order chi connectivity index (χ1) is 7.68. The van der Waals surface area contributed by atoms with E-state index in [9.17, 15) is 0 Å². The van der Waals surface area contributed by atoms with E-state index in [1.165, 1.54) is 12.0 Å². The number of likely N-dealkylation sites (tertiary alicyclic amines) is 1. The normalized spacial score (nSPS) is 25.6. The molecule has 2 rings (SSSR count). The van der Waals surface area contributed by atoms with Crippen molar-refractivity contribution in [2.75, 3.05) is 13.1 Å². The number of rotatable bonds is 3. The van der Waals surface area contributed by atoms with Crippen molar-refractivity contribution >= 4 is 12.6 Å². The van der Waals surface area contributed by atoms with Gasteiger partial charge >= 0.3 is 0 Å². The maximum atomic E-state index is 5.84. The van der Waals surface area contributed by atoms with E-state index < -0.39 is 0 Å². The van der Waals surface area contributed by atoms with Crippen molar-refractivity contribution in [2.24, 2.45) is 11.7 Å². The first-order valence-corrected chi connectivity index (χ1v) is 6.43. The summed E-state index contributed by atoms with van der Waals surface area (Å²) in [4.78, 5) is 2.50. The summed E-state index contributed by atoms with van der Waals surface area (Å²) in [7, 11) is 0. The van der Waals surface area contributed by atoms with Crippen LogP contribution in [0.2, 0.25) is 0 Å². The zero-order valence-corrected chi connectivity index (χ0v) is 10.6. The molecule has 1 fully saturated rings. The van der Waals surface area contributed by atoms with Gasteiger partial charge in [-0.15, -0.1) is 0 Å². The van der Waals surface area contributed by atoms with Gasteiger partial charge in [-0.05, 0) is 31.4 Å². The Morgan fingerprint density at radius 3 is 2.62 bits per heavy atom. The standard InChI is InChI=1S/C13H20N2S/c1-10(11-5-3-2-4-6-11)15-8-7-12(9-15)13(14)16/h2-6,10,12-13,16H,7-9,14H2,1H3/t10-,12?,13?/m0/s1. The van der Waals surface area contributed by atoms with Crippen LogP contribution in [0.5, 0.6) is 0 Å². The summed E-state index contributed by atoms with van der Waals surface area (Å²) in [5, 5.41) is 0.0213. The lowest BCUT2D eigenvalue weighted by Crippen LogP contribution is -2.29. The van der Waals surface area contributed by atoms with Gasteiger partial charge in [0.2, 0.25) is 0 Å². The minimum atomic E-state index is 0.0213. The van der Waals surface area contributed by atoms with Crippen LogP contribution in [0.1, 0.15) is 24.9 Å². The Kier molecular flexibility index (Phi) is 3.90. The van der Waals surface area contributed by atoms with Gasteiger partial charge < -0.3 is 5.73 Å². The fourth-order valence-electron chi connectivity index (χ4n) is 2.39. The van der Waals surface area contributed by atoms with Crippen molar-refractivity contribution in [1.29, 1.82) is 0 Å². The molecule has 3 atom stereocenters. The number of nitrogens with zero attached hydrogens (tertiary/aromatic N) is 1. The molecule has 16 heavy (non-hydrogen) atoms. The molecule has 0 amide bonds. The Morgan fingerprint density at radius 2 is 2.06 bits per heavy atom. The summed E-state index contributed by atoms with van der Waals surface area (Å²) in [6.45, 7) is 4.47.